The van der Waals surface area contributed by atoms with E-state index < -0.39 is 0 Å². The van der Waals surface area contributed by atoms with Crippen LogP contribution in [0.25, 0.3) is 0 Å². The number of fused-ring (bicyclic) bond motifs is 1. The first kappa shape index (κ1) is 19.4. The minimum atomic E-state index is -0.175. The van der Waals surface area contributed by atoms with Crippen molar-refractivity contribution in [1.29, 1.82) is 0 Å². The van der Waals surface area contributed by atoms with Crippen molar-refractivity contribution in [3.05, 3.63) is 65.5 Å². The van der Waals surface area contributed by atoms with Gasteiger partial charge < -0.3 is 10.6 Å². The molecule has 0 bridgehead atoms. The summed E-state index contributed by atoms with van der Waals surface area (Å²) in [5.74, 6) is 0.0302. The molecule has 1 aliphatic heterocycles. The number of benzene rings is 1. The molecule has 3 rings (SSSR count). The quantitative estimate of drug-likeness (QED) is 0.891. The Morgan fingerprint density at radius 1 is 1.17 bits per heavy atom. The molecule has 0 aliphatic carbocycles. The van der Waals surface area contributed by atoms with Gasteiger partial charge in [-0.25, -0.2) is 0 Å². The molecular formula is C17H21Cl2N3O. The number of rotatable bonds is 3. The fourth-order valence-electron chi connectivity index (χ4n) is 2.66. The number of carbonyl (C=O) groups is 1. The third-order valence-electron chi connectivity index (χ3n) is 3.89. The number of hydrogen-bond donors (Lipinski definition) is 2. The van der Waals surface area contributed by atoms with Crippen molar-refractivity contribution >= 4 is 30.7 Å². The van der Waals surface area contributed by atoms with E-state index in [0.29, 0.717) is 0 Å². The summed E-state index contributed by atoms with van der Waals surface area (Å²) in [7, 11) is 0. The van der Waals surface area contributed by atoms with Crippen molar-refractivity contribution in [3.8, 4) is 0 Å². The van der Waals surface area contributed by atoms with Crippen LogP contribution in [-0.4, -0.2) is 16.9 Å². The Hall–Kier alpha value is -1.62. The van der Waals surface area contributed by atoms with E-state index in [4.69, 9.17) is 0 Å². The van der Waals surface area contributed by atoms with E-state index in [9.17, 15) is 4.79 Å². The van der Waals surface area contributed by atoms with Crippen LogP contribution in [0.2, 0.25) is 0 Å². The summed E-state index contributed by atoms with van der Waals surface area (Å²) in [6.45, 7) is 2.70. The second-order valence-electron chi connectivity index (χ2n) is 5.39. The number of nitrogens with zero attached hydrogens (tertiary/aromatic N) is 1. The summed E-state index contributed by atoms with van der Waals surface area (Å²) >= 11 is 0. The van der Waals surface area contributed by atoms with Crippen molar-refractivity contribution in [1.82, 2.24) is 15.6 Å². The zero-order chi connectivity index (χ0) is 14.7. The highest BCUT2D eigenvalue weighted by Gasteiger charge is 2.25. The number of carbonyl (C=O) groups excluding carboxylic acids is 1. The fraction of sp³-hybridized carbons (Fsp3) is 0.294. The van der Waals surface area contributed by atoms with Gasteiger partial charge in [-0.15, -0.1) is 24.8 Å². The minimum Gasteiger partial charge on any atom is -0.347 e. The van der Waals surface area contributed by atoms with Crippen LogP contribution in [0.5, 0.6) is 0 Å². The molecule has 23 heavy (non-hydrogen) atoms. The molecule has 2 N–H and O–H groups in total. The third kappa shape index (κ3) is 4.67. The van der Waals surface area contributed by atoms with Gasteiger partial charge in [0.25, 0.3) is 0 Å². The molecule has 1 aromatic carbocycles. The number of hydrogen-bond acceptors (Lipinski definition) is 3. The van der Waals surface area contributed by atoms with Crippen LogP contribution in [0.3, 0.4) is 0 Å². The molecule has 6 heteroatoms. The first-order valence-corrected chi connectivity index (χ1v) is 7.25. The maximum absolute atomic E-state index is 12.4. The van der Waals surface area contributed by atoms with Crippen LogP contribution in [0.15, 0.2) is 48.7 Å². The predicted octanol–water partition coefficient (Wildman–Crippen LogP) is 2.82. The van der Waals surface area contributed by atoms with E-state index in [1.807, 2.05) is 37.3 Å². The molecule has 2 unspecified atom stereocenters. The van der Waals surface area contributed by atoms with Crippen molar-refractivity contribution in [2.24, 2.45) is 0 Å². The summed E-state index contributed by atoms with van der Waals surface area (Å²) in [4.78, 5) is 16.7. The second kappa shape index (κ2) is 8.87. The average Bonchev–Trinajstić information content (AvgIpc) is 2.55. The Bertz CT molecular complexity index is 637. The summed E-state index contributed by atoms with van der Waals surface area (Å²) in [5.41, 5.74) is 3.41. The zero-order valence-electron chi connectivity index (χ0n) is 12.9. The highest BCUT2D eigenvalue weighted by atomic mass is 35.5. The molecule has 124 valence electrons. The van der Waals surface area contributed by atoms with Crippen LogP contribution in [0.1, 0.15) is 29.8 Å². The summed E-state index contributed by atoms with van der Waals surface area (Å²) < 4.78 is 0. The lowest BCUT2D eigenvalue weighted by Gasteiger charge is -2.26. The average molecular weight is 354 g/mol. The highest BCUT2D eigenvalue weighted by Crippen LogP contribution is 2.17. The number of halogens is 2. The maximum Gasteiger partial charge on any atom is 0.238 e. The predicted molar refractivity (Wildman–Crippen MR) is 96.1 cm³/mol. The third-order valence-corrected chi connectivity index (χ3v) is 3.89. The number of aromatic nitrogens is 1. The normalized spacial score (nSPS) is 17.0. The Morgan fingerprint density at radius 3 is 2.57 bits per heavy atom. The lowest BCUT2D eigenvalue weighted by Crippen LogP contribution is -2.48. The van der Waals surface area contributed by atoms with E-state index in [1.54, 1.807) is 6.20 Å². The summed E-state index contributed by atoms with van der Waals surface area (Å²) in [6.07, 6.45) is 2.48. The van der Waals surface area contributed by atoms with E-state index in [1.165, 1.54) is 11.1 Å². The molecule has 2 heterocycles. The number of nitrogens with one attached hydrogen (secondary N) is 2. The Labute approximate surface area is 148 Å². The maximum atomic E-state index is 12.4. The van der Waals surface area contributed by atoms with E-state index in [-0.39, 0.29) is 42.8 Å². The second-order valence-corrected chi connectivity index (χ2v) is 5.39. The molecule has 0 saturated carbocycles. The number of pyridine rings is 1. The molecule has 2 atom stereocenters. The van der Waals surface area contributed by atoms with Crippen molar-refractivity contribution in [3.63, 3.8) is 0 Å². The Morgan fingerprint density at radius 2 is 1.87 bits per heavy atom. The van der Waals surface area contributed by atoms with Crippen molar-refractivity contribution in [2.45, 2.75) is 32.0 Å². The van der Waals surface area contributed by atoms with Crippen LogP contribution >= 0.6 is 24.8 Å². The molecule has 1 amide bonds. The monoisotopic (exact) mass is 353 g/mol. The molecule has 4 nitrogen and oxygen atoms in total. The molecule has 0 fully saturated rings. The molecular weight excluding hydrogens is 333 g/mol. The first-order valence-electron chi connectivity index (χ1n) is 7.25. The highest BCUT2D eigenvalue weighted by molar-refractivity contribution is 5.85. The van der Waals surface area contributed by atoms with Crippen molar-refractivity contribution in [2.75, 3.05) is 0 Å². The summed E-state index contributed by atoms with van der Waals surface area (Å²) in [5, 5.41) is 6.33. The van der Waals surface area contributed by atoms with Gasteiger partial charge in [-0.2, -0.15) is 0 Å². The molecule has 1 aliphatic rings. The minimum absolute atomic E-state index is 0. The van der Waals surface area contributed by atoms with Crippen molar-refractivity contribution < 1.29 is 4.79 Å². The van der Waals surface area contributed by atoms with Gasteiger partial charge in [0.05, 0.1) is 17.8 Å². The lowest BCUT2D eigenvalue weighted by molar-refractivity contribution is -0.124. The first-order chi connectivity index (χ1) is 10.2. The Balaban J connectivity index is 0.00000132. The molecule has 0 radical (unpaired) electrons. The van der Waals surface area contributed by atoms with Gasteiger partial charge in [-0.1, -0.05) is 30.3 Å². The van der Waals surface area contributed by atoms with Gasteiger partial charge in [0, 0.05) is 12.7 Å². The molecule has 1 aromatic heterocycles. The van der Waals surface area contributed by atoms with Gasteiger partial charge in [-0.3, -0.25) is 9.78 Å². The van der Waals surface area contributed by atoms with Crippen LogP contribution < -0.4 is 10.6 Å². The zero-order valence-corrected chi connectivity index (χ0v) is 14.5. The topological polar surface area (TPSA) is 54.0 Å². The summed E-state index contributed by atoms with van der Waals surface area (Å²) in [6, 6.07) is 13.7. The van der Waals surface area contributed by atoms with Gasteiger partial charge >= 0.3 is 0 Å². The van der Waals surface area contributed by atoms with Gasteiger partial charge in [-0.05, 0) is 36.6 Å². The van der Waals surface area contributed by atoms with Crippen LogP contribution in [0, 0.1) is 0 Å². The fourth-order valence-corrected chi connectivity index (χ4v) is 2.66. The largest absolute Gasteiger partial charge is 0.347 e. The Kier molecular flexibility index (Phi) is 7.49. The van der Waals surface area contributed by atoms with Gasteiger partial charge in [0.15, 0.2) is 0 Å². The standard InChI is InChI=1S/C17H19N3O.2ClH/c1-12(15-8-4-5-9-18-15)20-17(21)16-10-13-6-2-3-7-14(13)11-19-16;;/h2-9,12,16,19H,10-11H2,1H3,(H,20,21);2*1H. The van der Waals surface area contributed by atoms with Crippen LogP contribution in [0.4, 0.5) is 0 Å². The van der Waals surface area contributed by atoms with E-state index >= 15 is 0 Å². The lowest BCUT2D eigenvalue weighted by atomic mass is 9.95. The van der Waals surface area contributed by atoms with E-state index in [2.05, 4.69) is 27.8 Å². The van der Waals surface area contributed by atoms with Crippen LogP contribution in [-0.2, 0) is 17.8 Å². The van der Waals surface area contributed by atoms with E-state index in [0.717, 1.165) is 18.7 Å². The SMILES string of the molecule is CC(NC(=O)C1Cc2ccccc2CN1)c1ccccn1.Cl.Cl. The molecule has 0 spiro atoms. The number of amides is 1. The van der Waals surface area contributed by atoms with Gasteiger partial charge in [0.2, 0.25) is 5.91 Å². The molecule has 0 saturated heterocycles. The van der Waals surface area contributed by atoms with Gasteiger partial charge in [0.1, 0.15) is 0 Å². The smallest absolute Gasteiger partial charge is 0.238 e. The molecule has 2 aromatic rings.